The summed E-state index contributed by atoms with van der Waals surface area (Å²) in [7, 11) is 0. The number of nitrogens with one attached hydrogen (secondary N) is 2. The second kappa shape index (κ2) is 4.10. The Labute approximate surface area is 80.9 Å². The molecule has 3 N–H and O–H groups in total. The number of carbonyl (C=O) groups is 2. The van der Waals surface area contributed by atoms with Crippen molar-refractivity contribution in [2.75, 3.05) is 19.7 Å². The molecular formula is C8H12N2O4. The normalized spacial score (nSPS) is 17.7. The monoisotopic (exact) mass is 200 g/mol. The minimum atomic E-state index is -1.21. The van der Waals surface area contributed by atoms with Gasteiger partial charge >= 0.3 is 12.1 Å². The summed E-state index contributed by atoms with van der Waals surface area (Å²) in [5.74, 6) is -1.06. The highest BCUT2D eigenvalue weighted by Crippen LogP contribution is 2.11. The molecule has 0 bridgehead atoms. The van der Waals surface area contributed by atoms with Crippen LogP contribution in [0.5, 0.6) is 0 Å². The molecule has 1 heterocycles. The molecule has 6 nitrogen and oxygen atoms in total. The zero-order valence-corrected chi connectivity index (χ0v) is 7.58. The molecule has 1 saturated heterocycles. The molecule has 1 amide bonds. The van der Waals surface area contributed by atoms with E-state index in [1.54, 1.807) is 0 Å². The number of carbonyl (C=O) groups excluding carboxylic acids is 1. The third kappa shape index (κ3) is 2.02. The highest BCUT2D eigenvalue weighted by molar-refractivity contribution is 5.86. The number of carboxylic acids is 1. The van der Waals surface area contributed by atoms with E-state index in [9.17, 15) is 9.59 Å². The third-order valence-corrected chi connectivity index (χ3v) is 1.94. The molecular weight excluding hydrogens is 188 g/mol. The van der Waals surface area contributed by atoms with Crippen molar-refractivity contribution >= 4 is 12.1 Å². The molecule has 0 saturated carbocycles. The van der Waals surface area contributed by atoms with E-state index in [2.05, 4.69) is 21.9 Å². The SMILES string of the molecule is C=CCOC(=O)NC1(C(=O)O)CNC1. The lowest BCUT2D eigenvalue weighted by Gasteiger charge is -2.38. The molecule has 0 radical (unpaired) electrons. The van der Waals surface area contributed by atoms with Crippen LogP contribution in [0.2, 0.25) is 0 Å². The van der Waals surface area contributed by atoms with E-state index in [1.807, 2.05) is 0 Å². The molecule has 1 fully saturated rings. The van der Waals surface area contributed by atoms with E-state index in [0.717, 1.165) is 0 Å². The Balaban J connectivity index is 2.44. The summed E-state index contributed by atoms with van der Waals surface area (Å²) in [6.45, 7) is 3.86. The van der Waals surface area contributed by atoms with Crippen LogP contribution in [-0.2, 0) is 9.53 Å². The molecule has 1 aliphatic heterocycles. The van der Waals surface area contributed by atoms with Crippen LogP contribution in [0.1, 0.15) is 0 Å². The topological polar surface area (TPSA) is 87.7 Å². The van der Waals surface area contributed by atoms with E-state index in [4.69, 9.17) is 5.11 Å². The first-order chi connectivity index (χ1) is 6.60. The molecule has 6 heteroatoms. The lowest BCUT2D eigenvalue weighted by Crippen LogP contribution is -2.73. The third-order valence-electron chi connectivity index (χ3n) is 1.94. The number of amides is 1. The van der Waals surface area contributed by atoms with Gasteiger partial charge in [0.05, 0.1) is 0 Å². The molecule has 0 aromatic carbocycles. The first kappa shape index (κ1) is 10.5. The van der Waals surface area contributed by atoms with E-state index in [0.29, 0.717) is 0 Å². The van der Waals surface area contributed by atoms with E-state index >= 15 is 0 Å². The second-order valence-electron chi connectivity index (χ2n) is 3.00. The fraction of sp³-hybridized carbons (Fsp3) is 0.500. The number of ether oxygens (including phenoxy) is 1. The first-order valence-electron chi connectivity index (χ1n) is 4.11. The maximum Gasteiger partial charge on any atom is 0.408 e. The highest BCUT2D eigenvalue weighted by atomic mass is 16.5. The molecule has 0 spiro atoms. The van der Waals surface area contributed by atoms with Crippen molar-refractivity contribution in [3.05, 3.63) is 12.7 Å². The average molecular weight is 200 g/mol. The van der Waals surface area contributed by atoms with Crippen LogP contribution in [0.4, 0.5) is 4.79 Å². The Morgan fingerprint density at radius 2 is 2.29 bits per heavy atom. The summed E-state index contributed by atoms with van der Waals surface area (Å²) in [6, 6.07) is 0. The van der Waals surface area contributed by atoms with Gasteiger partial charge in [0.15, 0.2) is 5.54 Å². The Hall–Kier alpha value is -1.56. The van der Waals surface area contributed by atoms with Crippen LogP contribution < -0.4 is 10.6 Å². The van der Waals surface area contributed by atoms with Crippen molar-refractivity contribution in [3.8, 4) is 0 Å². The van der Waals surface area contributed by atoms with Crippen LogP contribution in [0.15, 0.2) is 12.7 Å². The molecule has 78 valence electrons. The Morgan fingerprint density at radius 3 is 2.64 bits per heavy atom. The van der Waals surface area contributed by atoms with Gasteiger partial charge in [0.2, 0.25) is 0 Å². The maximum absolute atomic E-state index is 11.0. The molecule has 14 heavy (non-hydrogen) atoms. The van der Waals surface area contributed by atoms with Crippen molar-refractivity contribution in [3.63, 3.8) is 0 Å². The molecule has 0 aromatic rings. The fourth-order valence-electron chi connectivity index (χ4n) is 1.03. The van der Waals surface area contributed by atoms with Gasteiger partial charge in [-0.05, 0) is 0 Å². The Morgan fingerprint density at radius 1 is 1.64 bits per heavy atom. The maximum atomic E-state index is 11.0. The van der Waals surface area contributed by atoms with E-state index in [-0.39, 0.29) is 19.7 Å². The van der Waals surface area contributed by atoms with Gasteiger partial charge in [-0.25, -0.2) is 9.59 Å². The van der Waals surface area contributed by atoms with Crippen LogP contribution in [-0.4, -0.2) is 42.4 Å². The number of hydrogen-bond acceptors (Lipinski definition) is 4. The van der Waals surface area contributed by atoms with Crippen molar-refractivity contribution in [2.45, 2.75) is 5.54 Å². The van der Waals surface area contributed by atoms with Gasteiger partial charge in [-0.3, -0.25) is 0 Å². The second-order valence-corrected chi connectivity index (χ2v) is 3.00. The van der Waals surface area contributed by atoms with Crippen molar-refractivity contribution in [1.82, 2.24) is 10.6 Å². The number of aliphatic carboxylic acids is 1. The average Bonchev–Trinajstić information content (AvgIpc) is 2.07. The molecule has 0 unspecified atom stereocenters. The van der Waals surface area contributed by atoms with Crippen LogP contribution in [0.25, 0.3) is 0 Å². The van der Waals surface area contributed by atoms with E-state index < -0.39 is 17.6 Å². The van der Waals surface area contributed by atoms with Gasteiger partial charge in [0.25, 0.3) is 0 Å². The summed E-state index contributed by atoms with van der Waals surface area (Å²) in [4.78, 5) is 21.8. The number of hydrogen-bond donors (Lipinski definition) is 3. The quantitative estimate of drug-likeness (QED) is 0.523. The van der Waals surface area contributed by atoms with Crippen LogP contribution in [0, 0.1) is 0 Å². The van der Waals surface area contributed by atoms with Crippen LogP contribution in [0.3, 0.4) is 0 Å². The largest absolute Gasteiger partial charge is 0.479 e. The number of alkyl carbamates (subject to hydrolysis) is 1. The number of rotatable bonds is 4. The minimum absolute atomic E-state index is 0.0644. The lowest BCUT2D eigenvalue weighted by molar-refractivity contribution is -0.146. The standard InChI is InChI=1S/C8H12N2O4/c1-2-3-14-7(13)10-8(6(11)12)4-9-5-8/h2,9H,1,3-5H2,(H,10,13)(H,11,12). The molecule has 0 atom stereocenters. The lowest BCUT2D eigenvalue weighted by atomic mass is 9.93. The van der Waals surface area contributed by atoms with Gasteiger partial charge in [-0.2, -0.15) is 0 Å². The van der Waals surface area contributed by atoms with Crippen molar-refractivity contribution < 1.29 is 19.4 Å². The van der Waals surface area contributed by atoms with Gasteiger partial charge in [-0.1, -0.05) is 12.7 Å². The summed E-state index contributed by atoms with van der Waals surface area (Å²) in [5, 5.41) is 13.9. The van der Waals surface area contributed by atoms with Crippen molar-refractivity contribution in [1.29, 1.82) is 0 Å². The predicted molar refractivity (Wildman–Crippen MR) is 47.9 cm³/mol. The summed E-state index contributed by atoms with van der Waals surface area (Å²) in [6.07, 6.45) is 0.667. The zero-order chi connectivity index (χ0) is 10.6. The van der Waals surface area contributed by atoms with Crippen LogP contribution >= 0.6 is 0 Å². The highest BCUT2D eigenvalue weighted by Gasteiger charge is 2.46. The Kier molecular flexibility index (Phi) is 3.08. The zero-order valence-electron chi connectivity index (χ0n) is 7.58. The summed E-state index contributed by atoms with van der Waals surface area (Å²) < 4.78 is 4.61. The summed E-state index contributed by atoms with van der Waals surface area (Å²) in [5.41, 5.74) is -1.21. The summed E-state index contributed by atoms with van der Waals surface area (Å²) >= 11 is 0. The fourth-order valence-corrected chi connectivity index (χ4v) is 1.03. The predicted octanol–water partition coefficient (Wildman–Crippen LogP) is -0.675. The van der Waals surface area contributed by atoms with E-state index in [1.165, 1.54) is 6.08 Å². The minimum Gasteiger partial charge on any atom is -0.479 e. The van der Waals surface area contributed by atoms with Gasteiger partial charge in [0, 0.05) is 13.1 Å². The van der Waals surface area contributed by atoms with Crippen molar-refractivity contribution in [2.24, 2.45) is 0 Å². The molecule has 1 aliphatic rings. The van der Waals surface area contributed by atoms with Gasteiger partial charge in [0.1, 0.15) is 6.61 Å². The Bertz CT molecular complexity index is 260. The molecule has 0 aromatic heterocycles. The van der Waals surface area contributed by atoms with Gasteiger partial charge < -0.3 is 20.5 Å². The van der Waals surface area contributed by atoms with Gasteiger partial charge in [-0.15, -0.1) is 0 Å². The molecule has 1 rings (SSSR count). The first-order valence-corrected chi connectivity index (χ1v) is 4.11. The smallest absolute Gasteiger partial charge is 0.408 e. The number of carboxylic acid groups (broad SMARTS) is 1. The molecule has 0 aliphatic carbocycles.